The van der Waals surface area contributed by atoms with Crippen molar-refractivity contribution in [1.82, 2.24) is 15.2 Å². The van der Waals surface area contributed by atoms with Crippen LogP contribution < -0.4 is 10.1 Å². The molecular formula is C27H43N3O2. The summed E-state index contributed by atoms with van der Waals surface area (Å²) >= 11 is 0. The van der Waals surface area contributed by atoms with E-state index in [2.05, 4.69) is 43.1 Å². The molecule has 2 aromatic rings. The molecule has 5 heteroatoms. The normalized spacial score (nSPS) is 11.3. The number of aryl methyl sites for hydroxylation is 1. The van der Waals surface area contributed by atoms with E-state index in [0.29, 0.717) is 13.0 Å². The van der Waals surface area contributed by atoms with Gasteiger partial charge in [0.05, 0.1) is 24.6 Å². The molecule has 0 saturated heterocycles. The Labute approximate surface area is 195 Å². The third kappa shape index (κ3) is 8.19. The quantitative estimate of drug-likeness (QED) is 0.364. The van der Waals surface area contributed by atoms with Gasteiger partial charge in [-0.1, -0.05) is 57.5 Å². The summed E-state index contributed by atoms with van der Waals surface area (Å²) in [6, 6.07) is 10.3. The first-order chi connectivity index (χ1) is 15.6. The van der Waals surface area contributed by atoms with Gasteiger partial charge < -0.3 is 15.2 Å². The Morgan fingerprint density at radius 3 is 2.34 bits per heavy atom. The van der Waals surface area contributed by atoms with Crippen LogP contribution in [0.25, 0.3) is 0 Å². The summed E-state index contributed by atoms with van der Waals surface area (Å²) in [7, 11) is 0. The average molecular weight is 442 g/mol. The number of aliphatic hydroxyl groups is 1. The van der Waals surface area contributed by atoms with E-state index in [9.17, 15) is 5.11 Å². The number of pyridine rings is 1. The van der Waals surface area contributed by atoms with Crippen LogP contribution in [0.1, 0.15) is 74.5 Å². The molecule has 0 radical (unpaired) electrons. The van der Waals surface area contributed by atoms with Gasteiger partial charge in [-0.05, 0) is 57.9 Å². The molecule has 2 rings (SSSR count). The van der Waals surface area contributed by atoms with Gasteiger partial charge in [-0.3, -0.25) is 9.88 Å². The van der Waals surface area contributed by atoms with Crippen LogP contribution >= 0.6 is 0 Å². The molecule has 1 aromatic heterocycles. The lowest BCUT2D eigenvalue weighted by molar-refractivity contribution is 0.253. The predicted octanol–water partition coefficient (Wildman–Crippen LogP) is 4.86. The molecule has 2 N–H and O–H groups in total. The highest BCUT2D eigenvalue weighted by Crippen LogP contribution is 2.31. The number of benzene rings is 1. The van der Waals surface area contributed by atoms with E-state index >= 15 is 0 Å². The lowest BCUT2D eigenvalue weighted by Gasteiger charge is -2.25. The van der Waals surface area contributed by atoms with E-state index in [1.807, 2.05) is 25.1 Å². The summed E-state index contributed by atoms with van der Waals surface area (Å²) in [6.45, 7) is 14.1. The molecule has 0 bridgehead atoms. The molecule has 0 aliphatic heterocycles. The van der Waals surface area contributed by atoms with Crippen molar-refractivity contribution in [1.29, 1.82) is 0 Å². The van der Waals surface area contributed by atoms with E-state index in [1.165, 1.54) is 18.4 Å². The highest BCUT2D eigenvalue weighted by atomic mass is 16.5. The van der Waals surface area contributed by atoms with Gasteiger partial charge in [0.1, 0.15) is 5.75 Å². The SMILES string of the molecule is CCCCNCCCCOc1c(C)nc(Cc2ccccc2)c(CO)c1CN(CC)CC. The highest BCUT2D eigenvalue weighted by molar-refractivity contribution is 5.46. The van der Waals surface area contributed by atoms with Crippen LogP contribution in [-0.4, -0.2) is 47.8 Å². The Kier molecular flexibility index (Phi) is 12.3. The first kappa shape index (κ1) is 26.3. The standard InChI is InChI=1S/C27H43N3O2/c1-5-8-16-28-17-12-13-18-32-27-22(4)29-26(19-23-14-10-9-11-15-23)25(21-31)24(27)20-30(6-2)7-3/h9-11,14-15,28,31H,5-8,12-13,16-21H2,1-4H3. The van der Waals surface area contributed by atoms with Gasteiger partial charge >= 0.3 is 0 Å². The zero-order chi connectivity index (χ0) is 23.2. The van der Waals surface area contributed by atoms with Crippen molar-refractivity contribution >= 4 is 0 Å². The number of nitrogens with one attached hydrogen (secondary N) is 1. The molecule has 0 spiro atoms. The van der Waals surface area contributed by atoms with Crippen molar-refractivity contribution in [2.45, 2.75) is 73.0 Å². The number of hydrogen-bond donors (Lipinski definition) is 2. The largest absolute Gasteiger partial charge is 0.491 e. The summed E-state index contributed by atoms with van der Waals surface area (Å²) in [5.41, 5.74) is 5.08. The number of ether oxygens (including phenoxy) is 1. The Bertz CT molecular complexity index is 776. The summed E-state index contributed by atoms with van der Waals surface area (Å²) in [4.78, 5) is 7.26. The molecule has 0 unspecified atom stereocenters. The fraction of sp³-hybridized carbons (Fsp3) is 0.593. The number of unbranched alkanes of at least 4 members (excludes halogenated alkanes) is 2. The molecule has 32 heavy (non-hydrogen) atoms. The van der Waals surface area contributed by atoms with E-state index in [4.69, 9.17) is 9.72 Å². The van der Waals surface area contributed by atoms with Crippen LogP contribution in [0.5, 0.6) is 5.75 Å². The van der Waals surface area contributed by atoms with Crippen LogP contribution in [0.3, 0.4) is 0 Å². The van der Waals surface area contributed by atoms with Gasteiger partial charge in [0.25, 0.3) is 0 Å². The summed E-state index contributed by atoms with van der Waals surface area (Å²) in [5, 5.41) is 13.8. The van der Waals surface area contributed by atoms with Gasteiger partial charge in [-0.25, -0.2) is 0 Å². The van der Waals surface area contributed by atoms with Crippen molar-refractivity contribution in [3.63, 3.8) is 0 Å². The van der Waals surface area contributed by atoms with Gasteiger partial charge in [0.15, 0.2) is 0 Å². The fourth-order valence-electron chi connectivity index (χ4n) is 3.96. The fourth-order valence-corrected chi connectivity index (χ4v) is 3.96. The Morgan fingerprint density at radius 2 is 1.69 bits per heavy atom. The maximum atomic E-state index is 10.3. The van der Waals surface area contributed by atoms with Crippen LogP contribution in [-0.2, 0) is 19.6 Å². The van der Waals surface area contributed by atoms with Crippen molar-refractivity contribution in [2.24, 2.45) is 0 Å². The summed E-state index contributed by atoms with van der Waals surface area (Å²) in [5.74, 6) is 0.858. The number of nitrogens with zero attached hydrogens (tertiary/aromatic N) is 2. The lowest BCUT2D eigenvalue weighted by atomic mass is 9.98. The Hall–Kier alpha value is -1.95. The maximum absolute atomic E-state index is 10.3. The number of aliphatic hydroxyl groups excluding tert-OH is 1. The average Bonchev–Trinajstić information content (AvgIpc) is 2.81. The number of rotatable bonds is 16. The van der Waals surface area contributed by atoms with Crippen LogP contribution in [0.15, 0.2) is 30.3 Å². The molecular weight excluding hydrogens is 398 g/mol. The molecule has 178 valence electrons. The molecule has 0 fully saturated rings. The maximum Gasteiger partial charge on any atom is 0.145 e. The molecule has 0 aliphatic rings. The molecule has 0 aliphatic carbocycles. The minimum absolute atomic E-state index is 0.0241. The highest BCUT2D eigenvalue weighted by Gasteiger charge is 2.20. The van der Waals surface area contributed by atoms with Crippen LogP contribution in [0.4, 0.5) is 0 Å². The van der Waals surface area contributed by atoms with Gasteiger partial charge in [0, 0.05) is 24.1 Å². The van der Waals surface area contributed by atoms with Crippen molar-refractivity contribution < 1.29 is 9.84 Å². The molecule has 0 saturated carbocycles. The molecule has 0 atom stereocenters. The number of aromatic nitrogens is 1. The summed E-state index contributed by atoms with van der Waals surface area (Å²) in [6.07, 6.45) is 5.27. The van der Waals surface area contributed by atoms with Crippen LogP contribution in [0.2, 0.25) is 0 Å². The molecule has 1 heterocycles. The lowest BCUT2D eigenvalue weighted by Crippen LogP contribution is -2.24. The molecule has 0 amide bonds. The Balaban J connectivity index is 2.19. The second-order valence-corrected chi connectivity index (χ2v) is 8.37. The third-order valence-electron chi connectivity index (χ3n) is 5.97. The minimum atomic E-state index is -0.0241. The van der Waals surface area contributed by atoms with E-state index in [-0.39, 0.29) is 6.61 Å². The van der Waals surface area contributed by atoms with Crippen molar-refractivity contribution in [2.75, 3.05) is 32.8 Å². The zero-order valence-corrected chi connectivity index (χ0v) is 20.6. The smallest absolute Gasteiger partial charge is 0.145 e. The zero-order valence-electron chi connectivity index (χ0n) is 20.6. The predicted molar refractivity (Wildman–Crippen MR) is 133 cm³/mol. The third-order valence-corrected chi connectivity index (χ3v) is 5.97. The van der Waals surface area contributed by atoms with E-state index in [1.54, 1.807) is 0 Å². The van der Waals surface area contributed by atoms with Crippen LogP contribution in [0, 0.1) is 6.92 Å². The summed E-state index contributed by atoms with van der Waals surface area (Å²) < 4.78 is 6.31. The van der Waals surface area contributed by atoms with E-state index in [0.717, 1.165) is 73.8 Å². The van der Waals surface area contributed by atoms with Gasteiger partial charge in [-0.15, -0.1) is 0 Å². The number of hydrogen-bond acceptors (Lipinski definition) is 5. The molecule has 5 nitrogen and oxygen atoms in total. The second kappa shape index (κ2) is 15.0. The van der Waals surface area contributed by atoms with Gasteiger partial charge in [0.2, 0.25) is 0 Å². The van der Waals surface area contributed by atoms with E-state index < -0.39 is 0 Å². The van der Waals surface area contributed by atoms with Crippen molar-refractivity contribution in [3.8, 4) is 5.75 Å². The minimum Gasteiger partial charge on any atom is -0.491 e. The monoisotopic (exact) mass is 441 g/mol. The first-order valence-corrected chi connectivity index (χ1v) is 12.4. The Morgan fingerprint density at radius 1 is 0.969 bits per heavy atom. The van der Waals surface area contributed by atoms with Crippen molar-refractivity contribution in [3.05, 3.63) is 58.4 Å². The second-order valence-electron chi connectivity index (χ2n) is 8.37. The first-order valence-electron chi connectivity index (χ1n) is 12.4. The van der Waals surface area contributed by atoms with Gasteiger partial charge in [-0.2, -0.15) is 0 Å². The molecule has 1 aromatic carbocycles. The topological polar surface area (TPSA) is 57.6 Å².